The van der Waals surface area contributed by atoms with Crippen LogP contribution in [0.25, 0.3) is 0 Å². The van der Waals surface area contributed by atoms with Gasteiger partial charge in [-0.1, -0.05) is 0 Å². The normalized spacial score (nSPS) is 43.2. The van der Waals surface area contributed by atoms with E-state index in [0.717, 1.165) is 25.9 Å². The lowest BCUT2D eigenvalue weighted by atomic mass is 9.83. The summed E-state index contributed by atoms with van der Waals surface area (Å²) >= 11 is 0. The minimum atomic E-state index is -0.128. The fraction of sp³-hybridized carbons (Fsp3) is 1.00. The molecule has 0 aromatic carbocycles. The van der Waals surface area contributed by atoms with Gasteiger partial charge in [-0.3, -0.25) is 0 Å². The van der Waals surface area contributed by atoms with Gasteiger partial charge in [-0.15, -0.1) is 0 Å². The molecule has 0 aliphatic carbocycles. The molecule has 2 fully saturated rings. The molecule has 1 spiro atoms. The summed E-state index contributed by atoms with van der Waals surface area (Å²) in [5, 5.41) is 0. The molecule has 0 bridgehead atoms. The van der Waals surface area contributed by atoms with Gasteiger partial charge >= 0.3 is 0 Å². The van der Waals surface area contributed by atoms with Crippen LogP contribution in [0.5, 0.6) is 0 Å². The van der Waals surface area contributed by atoms with E-state index in [-0.39, 0.29) is 17.3 Å². The SMILES string of the molecule is CC1(C)OCC[C@]12CC[C@@H](CN)O2. The van der Waals surface area contributed by atoms with Gasteiger partial charge in [0.05, 0.1) is 23.9 Å². The summed E-state index contributed by atoms with van der Waals surface area (Å²) in [6, 6.07) is 0. The molecule has 13 heavy (non-hydrogen) atoms. The molecule has 0 radical (unpaired) electrons. The van der Waals surface area contributed by atoms with Crippen molar-refractivity contribution in [2.45, 2.75) is 50.4 Å². The largest absolute Gasteiger partial charge is 0.372 e. The van der Waals surface area contributed by atoms with Crippen LogP contribution in [0.1, 0.15) is 33.1 Å². The molecule has 0 aromatic rings. The van der Waals surface area contributed by atoms with Crippen molar-refractivity contribution in [1.82, 2.24) is 0 Å². The molecular formula is C10H19NO2. The second-order valence-corrected chi connectivity index (χ2v) is 4.62. The molecule has 2 N–H and O–H groups in total. The summed E-state index contributed by atoms with van der Waals surface area (Å²) in [5.41, 5.74) is 5.43. The van der Waals surface area contributed by atoms with Crippen LogP contribution in [0.15, 0.2) is 0 Å². The zero-order valence-corrected chi connectivity index (χ0v) is 8.51. The molecule has 2 heterocycles. The topological polar surface area (TPSA) is 44.5 Å². The number of hydrogen-bond acceptors (Lipinski definition) is 3. The Bertz CT molecular complexity index is 205. The predicted molar refractivity (Wildman–Crippen MR) is 50.5 cm³/mol. The zero-order valence-electron chi connectivity index (χ0n) is 8.51. The van der Waals surface area contributed by atoms with Crippen LogP contribution in [-0.4, -0.2) is 30.5 Å². The van der Waals surface area contributed by atoms with E-state index in [1.807, 2.05) is 0 Å². The highest BCUT2D eigenvalue weighted by Gasteiger charge is 2.55. The second-order valence-electron chi connectivity index (χ2n) is 4.62. The summed E-state index contributed by atoms with van der Waals surface area (Å²) in [6.07, 6.45) is 3.46. The molecule has 2 aliphatic heterocycles. The maximum Gasteiger partial charge on any atom is 0.0992 e. The first-order valence-corrected chi connectivity index (χ1v) is 5.11. The summed E-state index contributed by atoms with van der Waals surface area (Å²) in [6.45, 7) is 5.71. The number of ether oxygens (including phenoxy) is 2. The molecule has 0 aromatic heterocycles. The molecule has 2 saturated heterocycles. The van der Waals surface area contributed by atoms with Gasteiger partial charge in [0.15, 0.2) is 0 Å². The second kappa shape index (κ2) is 2.94. The Balaban J connectivity index is 2.13. The van der Waals surface area contributed by atoms with Crippen LogP contribution < -0.4 is 5.73 Å². The van der Waals surface area contributed by atoms with E-state index in [1.165, 1.54) is 0 Å². The Morgan fingerprint density at radius 1 is 1.38 bits per heavy atom. The molecule has 2 atom stereocenters. The van der Waals surface area contributed by atoms with Crippen molar-refractivity contribution in [3.05, 3.63) is 0 Å². The predicted octanol–water partition coefficient (Wildman–Crippen LogP) is 1.06. The quantitative estimate of drug-likeness (QED) is 0.664. The van der Waals surface area contributed by atoms with Crippen molar-refractivity contribution in [2.24, 2.45) is 5.73 Å². The molecule has 2 rings (SSSR count). The van der Waals surface area contributed by atoms with Gasteiger partial charge in [0, 0.05) is 13.0 Å². The highest BCUT2D eigenvalue weighted by atomic mass is 16.6. The molecular weight excluding hydrogens is 166 g/mol. The maximum atomic E-state index is 6.02. The van der Waals surface area contributed by atoms with E-state index in [1.54, 1.807) is 0 Å². The lowest BCUT2D eigenvalue weighted by molar-refractivity contribution is -0.127. The number of rotatable bonds is 1. The van der Waals surface area contributed by atoms with E-state index < -0.39 is 0 Å². The summed E-state index contributed by atoms with van der Waals surface area (Å²) in [7, 11) is 0. The van der Waals surface area contributed by atoms with E-state index in [2.05, 4.69) is 13.8 Å². The molecule has 3 nitrogen and oxygen atoms in total. The van der Waals surface area contributed by atoms with Crippen molar-refractivity contribution in [2.75, 3.05) is 13.2 Å². The van der Waals surface area contributed by atoms with Crippen LogP contribution in [-0.2, 0) is 9.47 Å². The van der Waals surface area contributed by atoms with Gasteiger partial charge in [-0.05, 0) is 26.7 Å². The summed E-state index contributed by atoms with van der Waals surface area (Å²) < 4.78 is 11.7. The molecule has 3 heteroatoms. The van der Waals surface area contributed by atoms with Crippen LogP contribution in [0, 0.1) is 0 Å². The Morgan fingerprint density at radius 3 is 2.62 bits per heavy atom. The number of nitrogens with two attached hydrogens (primary N) is 1. The highest BCUT2D eigenvalue weighted by molar-refractivity contribution is 5.04. The van der Waals surface area contributed by atoms with Crippen molar-refractivity contribution in [3.8, 4) is 0 Å². The first-order valence-electron chi connectivity index (χ1n) is 5.11. The average Bonchev–Trinajstić information content (AvgIpc) is 2.60. The Labute approximate surface area is 79.6 Å². The molecule has 0 amide bonds. The number of hydrogen-bond donors (Lipinski definition) is 1. The van der Waals surface area contributed by atoms with Crippen molar-refractivity contribution < 1.29 is 9.47 Å². The van der Waals surface area contributed by atoms with Crippen molar-refractivity contribution in [3.63, 3.8) is 0 Å². The smallest absolute Gasteiger partial charge is 0.0992 e. The van der Waals surface area contributed by atoms with Gasteiger partial charge in [0.2, 0.25) is 0 Å². The third-order valence-electron chi connectivity index (χ3n) is 3.59. The van der Waals surface area contributed by atoms with Gasteiger partial charge in [-0.2, -0.15) is 0 Å². The Morgan fingerprint density at radius 2 is 2.15 bits per heavy atom. The fourth-order valence-corrected chi connectivity index (χ4v) is 2.53. The lowest BCUT2D eigenvalue weighted by Crippen LogP contribution is -2.46. The van der Waals surface area contributed by atoms with Crippen molar-refractivity contribution >= 4 is 0 Å². The van der Waals surface area contributed by atoms with Gasteiger partial charge < -0.3 is 15.2 Å². The Kier molecular flexibility index (Phi) is 2.13. The van der Waals surface area contributed by atoms with E-state index in [4.69, 9.17) is 15.2 Å². The van der Waals surface area contributed by atoms with E-state index in [0.29, 0.717) is 6.54 Å². The standard InChI is InChI=1S/C10H19NO2/c1-9(2)10(5-6-12-9)4-3-8(7-11)13-10/h8H,3-7,11H2,1-2H3/t8-,10+/m0/s1. The van der Waals surface area contributed by atoms with Gasteiger partial charge in [-0.25, -0.2) is 0 Å². The first kappa shape index (κ1) is 9.44. The fourth-order valence-electron chi connectivity index (χ4n) is 2.53. The van der Waals surface area contributed by atoms with Crippen LogP contribution >= 0.6 is 0 Å². The minimum Gasteiger partial charge on any atom is -0.372 e. The van der Waals surface area contributed by atoms with Gasteiger partial charge in [0.25, 0.3) is 0 Å². The van der Waals surface area contributed by atoms with Crippen LogP contribution in [0.2, 0.25) is 0 Å². The van der Waals surface area contributed by atoms with Gasteiger partial charge in [0.1, 0.15) is 0 Å². The van der Waals surface area contributed by atoms with Crippen LogP contribution in [0.4, 0.5) is 0 Å². The van der Waals surface area contributed by atoms with Crippen molar-refractivity contribution in [1.29, 1.82) is 0 Å². The highest BCUT2D eigenvalue weighted by Crippen LogP contribution is 2.47. The summed E-state index contributed by atoms with van der Waals surface area (Å²) in [4.78, 5) is 0. The monoisotopic (exact) mass is 185 g/mol. The third-order valence-corrected chi connectivity index (χ3v) is 3.59. The molecule has 76 valence electrons. The minimum absolute atomic E-state index is 0.0446. The summed E-state index contributed by atoms with van der Waals surface area (Å²) in [5.74, 6) is 0. The first-order chi connectivity index (χ1) is 6.10. The zero-order chi connectivity index (χ0) is 9.53. The molecule has 2 aliphatic rings. The maximum absolute atomic E-state index is 6.02. The van der Waals surface area contributed by atoms with Crippen LogP contribution in [0.3, 0.4) is 0 Å². The Hall–Kier alpha value is -0.120. The molecule has 0 saturated carbocycles. The lowest BCUT2D eigenvalue weighted by Gasteiger charge is -2.36. The molecule has 0 unspecified atom stereocenters. The average molecular weight is 185 g/mol. The van der Waals surface area contributed by atoms with E-state index in [9.17, 15) is 0 Å². The third kappa shape index (κ3) is 1.30. The van der Waals surface area contributed by atoms with E-state index >= 15 is 0 Å².